The Morgan fingerprint density at radius 1 is 0.721 bits per heavy atom. The minimum atomic E-state index is -0.828. The smallest absolute Gasteiger partial charge is 0.303 e. The Bertz CT molecular complexity index is 1670. The van der Waals surface area contributed by atoms with E-state index in [0.29, 0.717) is 17.9 Å². The molecule has 4 aromatic carbocycles. The molecule has 0 saturated heterocycles. The predicted molar refractivity (Wildman–Crippen MR) is 166 cm³/mol. The highest BCUT2D eigenvalue weighted by atomic mass is 16.5. The van der Waals surface area contributed by atoms with E-state index in [0.717, 1.165) is 44.8 Å². The molecular weight excluding hydrogens is 540 g/mol. The molecule has 0 spiro atoms. The van der Waals surface area contributed by atoms with Crippen LogP contribution in [0.15, 0.2) is 97.1 Å². The Balaban J connectivity index is 1.19. The van der Waals surface area contributed by atoms with E-state index in [1.54, 1.807) is 0 Å². The van der Waals surface area contributed by atoms with Gasteiger partial charge in [-0.3, -0.25) is 4.79 Å². The number of aliphatic carboxylic acids is 1. The van der Waals surface area contributed by atoms with Gasteiger partial charge in [-0.1, -0.05) is 55.5 Å². The number of rotatable bonds is 11. The van der Waals surface area contributed by atoms with E-state index in [2.05, 4.69) is 26.9 Å². The lowest BCUT2D eigenvalue weighted by atomic mass is 9.73. The highest BCUT2D eigenvalue weighted by molar-refractivity contribution is 5.75. The number of carbonyl (C=O) groups is 1. The summed E-state index contributed by atoms with van der Waals surface area (Å²) in [6.45, 7) is 6.00. The predicted octanol–water partition coefficient (Wildman–Crippen LogP) is 7.89. The van der Waals surface area contributed by atoms with Crippen molar-refractivity contribution in [3.8, 4) is 11.5 Å². The van der Waals surface area contributed by atoms with Gasteiger partial charge >= 0.3 is 5.97 Å². The van der Waals surface area contributed by atoms with Gasteiger partial charge < -0.3 is 24.5 Å². The molecule has 2 unspecified atom stereocenters. The van der Waals surface area contributed by atoms with Gasteiger partial charge in [-0.05, 0) is 79.9 Å². The average Bonchev–Trinajstić information content (AvgIpc) is 3.66. The van der Waals surface area contributed by atoms with E-state index >= 15 is 0 Å². The van der Waals surface area contributed by atoms with Crippen molar-refractivity contribution in [2.45, 2.75) is 51.2 Å². The zero-order chi connectivity index (χ0) is 30.0. The Labute approximate surface area is 249 Å². The lowest BCUT2D eigenvalue weighted by Crippen LogP contribution is -2.25. The van der Waals surface area contributed by atoms with Crippen LogP contribution in [0.4, 0.5) is 0 Å². The molecule has 0 radical (unpaired) electrons. The second kappa shape index (κ2) is 11.6. The topological polar surface area (TPSA) is 113 Å². The van der Waals surface area contributed by atoms with Crippen LogP contribution >= 0.6 is 0 Å². The maximum atomic E-state index is 11.6. The first kappa shape index (κ1) is 28.0. The number of nitrogens with zero attached hydrogens (tertiary/aromatic N) is 2. The molecule has 0 amide bonds. The number of hydrogen-bond donors (Lipinski definition) is 3. The van der Waals surface area contributed by atoms with Crippen molar-refractivity contribution < 1.29 is 19.4 Å². The Hall–Kier alpha value is -5.11. The fraction of sp³-hybridized carbons (Fsp3) is 0.229. The summed E-state index contributed by atoms with van der Waals surface area (Å²) in [6.07, 6.45) is -0.0653. The van der Waals surface area contributed by atoms with Gasteiger partial charge in [0.1, 0.15) is 23.1 Å². The molecule has 6 aromatic rings. The SMILES string of the molecule is CC(Oc1ccc(C(C)(CCC(=O)O)c2ccc(OC(C)c3nc4ccccc4[nH]3)cc2)cc1)c1nc2ccccc2[nH]1. The van der Waals surface area contributed by atoms with Crippen LogP contribution in [-0.4, -0.2) is 31.0 Å². The first-order valence-electron chi connectivity index (χ1n) is 14.4. The third kappa shape index (κ3) is 5.95. The monoisotopic (exact) mass is 574 g/mol. The van der Waals surface area contributed by atoms with Gasteiger partial charge in [0.2, 0.25) is 0 Å². The van der Waals surface area contributed by atoms with Crippen molar-refractivity contribution in [3.05, 3.63) is 120 Å². The number of fused-ring (bicyclic) bond motifs is 2. The van der Waals surface area contributed by atoms with E-state index in [9.17, 15) is 9.90 Å². The van der Waals surface area contributed by atoms with Crippen LogP contribution in [0.2, 0.25) is 0 Å². The Kier molecular flexibility index (Phi) is 7.59. The number of ether oxygens (including phenoxy) is 2. The Morgan fingerprint density at radius 3 is 1.53 bits per heavy atom. The second-order valence-electron chi connectivity index (χ2n) is 11.1. The number of imidazole rings is 2. The van der Waals surface area contributed by atoms with Gasteiger partial charge in [0.15, 0.2) is 12.2 Å². The minimum absolute atomic E-state index is 0.0408. The number of benzene rings is 4. The molecule has 2 atom stereocenters. The van der Waals surface area contributed by atoms with Crippen LogP contribution < -0.4 is 9.47 Å². The van der Waals surface area contributed by atoms with Crippen molar-refractivity contribution in [2.24, 2.45) is 0 Å². The number of aromatic nitrogens is 4. The molecule has 218 valence electrons. The highest BCUT2D eigenvalue weighted by Crippen LogP contribution is 2.38. The molecule has 8 nitrogen and oxygen atoms in total. The fourth-order valence-electron chi connectivity index (χ4n) is 5.46. The minimum Gasteiger partial charge on any atom is -0.483 e. The van der Waals surface area contributed by atoms with Gasteiger partial charge in [0.05, 0.1) is 22.1 Å². The first-order chi connectivity index (χ1) is 20.8. The summed E-state index contributed by atoms with van der Waals surface area (Å²) in [5, 5.41) is 9.52. The number of nitrogens with one attached hydrogen (secondary N) is 2. The van der Waals surface area contributed by atoms with Crippen LogP contribution in [0, 0.1) is 0 Å². The number of para-hydroxylation sites is 4. The van der Waals surface area contributed by atoms with Crippen LogP contribution in [0.5, 0.6) is 11.5 Å². The summed E-state index contributed by atoms with van der Waals surface area (Å²) in [6, 6.07) is 31.5. The maximum absolute atomic E-state index is 11.6. The van der Waals surface area contributed by atoms with E-state index in [1.165, 1.54) is 0 Å². The van der Waals surface area contributed by atoms with Crippen molar-refractivity contribution in [2.75, 3.05) is 0 Å². The molecular formula is C35H34N4O4. The van der Waals surface area contributed by atoms with Gasteiger partial charge in [-0.2, -0.15) is 0 Å². The largest absolute Gasteiger partial charge is 0.483 e. The summed E-state index contributed by atoms with van der Waals surface area (Å²) in [5.41, 5.74) is 5.21. The molecule has 6 rings (SSSR count). The molecule has 0 bridgehead atoms. The molecule has 3 N–H and O–H groups in total. The van der Waals surface area contributed by atoms with Crippen molar-refractivity contribution in [3.63, 3.8) is 0 Å². The van der Waals surface area contributed by atoms with Crippen LogP contribution in [0.3, 0.4) is 0 Å². The number of H-pyrrole nitrogens is 2. The zero-order valence-electron chi connectivity index (χ0n) is 24.4. The summed E-state index contributed by atoms with van der Waals surface area (Å²) in [4.78, 5) is 27.5. The maximum Gasteiger partial charge on any atom is 0.303 e. The highest BCUT2D eigenvalue weighted by Gasteiger charge is 2.30. The Morgan fingerprint density at radius 2 is 1.14 bits per heavy atom. The summed E-state index contributed by atoms with van der Waals surface area (Å²) in [7, 11) is 0. The first-order valence-corrected chi connectivity index (χ1v) is 14.4. The lowest BCUT2D eigenvalue weighted by Gasteiger charge is -2.31. The number of hydrogen-bond acceptors (Lipinski definition) is 5. The lowest BCUT2D eigenvalue weighted by molar-refractivity contribution is -0.137. The van der Waals surface area contributed by atoms with E-state index < -0.39 is 11.4 Å². The summed E-state index contributed by atoms with van der Waals surface area (Å²) >= 11 is 0. The van der Waals surface area contributed by atoms with E-state index in [1.807, 2.05) is 111 Å². The van der Waals surface area contributed by atoms with Crippen LogP contribution in [0.1, 0.15) is 68.6 Å². The molecule has 0 aliphatic carbocycles. The van der Waals surface area contributed by atoms with E-state index in [-0.39, 0.29) is 18.6 Å². The number of aromatic amines is 2. The van der Waals surface area contributed by atoms with Crippen molar-refractivity contribution in [1.82, 2.24) is 19.9 Å². The summed E-state index contributed by atoms with van der Waals surface area (Å²) in [5.74, 6) is 2.11. The van der Waals surface area contributed by atoms with E-state index in [4.69, 9.17) is 9.47 Å². The fourth-order valence-corrected chi connectivity index (χ4v) is 5.46. The van der Waals surface area contributed by atoms with Gasteiger partial charge in [0.25, 0.3) is 0 Å². The van der Waals surface area contributed by atoms with Gasteiger partial charge in [-0.25, -0.2) is 9.97 Å². The third-order valence-corrected chi connectivity index (χ3v) is 8.03. The standard InChI is InChI=1S/C35H34N4O4/c1-22(33-36-28-8-4-5-9-29(28)37-33)42-26-16-12-24(13-17-26)35(3,21-20-32(40)41)25-14-18-27(19-15-25)43-23(2)34-38-30-10-6-7-11-31(30)39-34/h4-19,22-23H,20-21H2,1-3H3,(H,36,37)(H,38,39)(H,40,41). The molecule has 43 heavy (non-hydrogen) atoms. The van der Waals surface area contributed by atoms with Crippen LogP contribution in [0.25, 0.3) is 22.1 Å². The quantitative estimate of drug-likeness (QED) is 0.145. The number of carboxylic acids is 1. The summed E-state index contributed by atoms with van der Waals surface area (Å²) < 4.78 is 12.4. The molecule has 2 heterocycles. The molecule has 0 aliphatic rings. The van der Waals surface area contributed by atoms with Crippen molar-refractivity contribution >= 4 is 28.0 Å². The molecule has 0 aliphatic heterocycles. The van der Waals surface area contributed by atoms with Crippen LogP contribution in [-0.2, 0) is 10.2 Å². The normalized spacial score (nSPS) is 14.3. The third-order valence-electron chi connectivity index (χ3n) is 8.03. The average molecular weight is 575 g/mol. The number of carboxylic acid groups (broad SMARTS) is 1. The molecule has 0 fully saturated rings. The zero-order valence-corrected chi connectivity index (χ0v) is 24.4. The second-order valence-corrected chi connectivity index (χ2v) is 11.1. The van der Waals surface area contributed by atoms with Crippen molar-refractivity contribution in [1.29, 1.82) is 0 Å². The van der Waals surface area contributed by atoms with Gasteiger partial charge in [0, 0.05) is 11.8 Å². The molecule has 2 aromatic heterocycles. The molecule has 0 saturated carbocycles. The molecule has 8 heteroatoms. The van der Waals surface area contributed by atoms with Gasteiger partial charge in [-0.15, -0.1) is 0 Å².